The molecule has 6 rings (SSSR count). The van der Waals surface area contributed by atoms with E-state index in [0.717, 1.165) is 87.9 Å². The minimum Gasteiger partial charge on any atom is -0.508 e. The number of nitrogens with zero attached hydrogens (tertiary/aromatic N) is 8. The highest BCUT2D eigenvalue weighted by Crippen LogP contribution is 2.31. The Labute approximate surface area is 246 Å². The van der Waals surface area contributed by atoms with Gasteiger partial charge in [0.2, 0.25) is 0 Å². The summed E-state index contributed by atoms with van der Waals surface area (Å²) in [7, 11) is 4.16. The van der Waals surface area contributed by atoms with Gasteiger partial charge in [0.15, 0.2) is 22.8 Å². The Morgan fingerprint density at radius 2 is 1.79 bits per heavy atom. The van der Waals surface area contributed by atoms with Gasteiger partial charge in [0.1, 0.15) is 11.5 Å². The molecular weight excluding hydrogens is 532 g/mol. The molecule has 1 N–H and O–H groups in total. The van der Waals surface area contributed by atoms with Crippen LogP contribution in [0.15, 0.2) is 48.5 Å². The minimum absolute atomic E-state index is 0.185. The second kappa shape index (κ2) is 13.0. The molecule has 0 radical (unpaired) electrons. The Balaban J connectivity index is 1.14. The van der Waals surface area contributed by atoms with Crippen LogP contribution in [-0.4, -0.2) is 107 Å². The molecule has 2 aromatic carbocycles. The zero-order valence-electron chi connectivity index (χ0n) is 24.5. The lowest BCUT2D eigenvalue weighted by Gasteiger charge is -2.32. The quantitative estimate of drug-likeness (QED) is 0.284. The Kier molecular flexibility index (Phi) is 8.78. The summed E-state index contributed by atoms with van der Waals surface area (Å²) in [6.45, 7) is 7.37. The summed E-state index contributed by atoms with van der Waals surface area (Å²) in [5.41, 5.74) is 3.51. The highest BCUT2D eigenvalue weighted by Gasteiger charge is 2.27. The van der Waals surface area contributed by atoms with Crippen LogP contribution in [0.1, 0.15) is 30.9 Å². The summed E-state index contributed by atoms with van der Waals surface area (Å²) in [6.07, 6.45) is 2.94. The SMILES string of the molecule is CN(C)CCCOc1ccc(CN2CCC(n3nnc4c(N5CCOCC5)nc(-c5cccc(O)c5)nc43)CC2)cc1. The predicted octanol–water partition coefficient (Wildman–Crippen LogP) is 3.60. The Bertz CT molecular complexity index is 1460. The van der Waals surface area contributed by atoms with Crippen molar-refractivity contribution in [2.75, 3.05) is 71.5 Å². The van der Waals surface area contributed by atoms with Crippen molar-refractivity contribution in [3.05, 3.63) is 54.1 Å². The van der Waals surface area contributed by atoms with Crippen molar-refractivity contribution in [3.8, 4) is 22.9 Å². The monoisotopic (exact) mass is 572 g/mol. The molecule has 2 aliphatic heterocycles. The van der Waals surface area contributed by atoms with Crippen molar-refractivity contribution in [2.45, 2.75) is 31.8 Å². The van der Waals surface area contributed by atoms with Crippen LogP contribution >= 0.6 is 0 Å². The van der Waals surface area contributed by atoms with Crippen molar-refractivity contribution in [1.82, 2.24) is 34.8 Å². The molecule has 2 aromatic heterocycles. The highest BCUT2D eigenvalue weighted by molar-refractivity contribution is 5.85. The molecule has 0 spiro atoms. The second-order valence-electron chi connectivity index (χ2n) is 11.4. The zero-order chi connectivity index (χ0) is 28.9. The molecule has 0 atom stereocenters. The third-order valence-electron chi connectivity index (χ3n) is 7.97. The van der Waals surface area contributed by atoms with Gasteiger partial charge in [-0.1, -0.05) is 29.5 Å². The first-order chi connectivity index (χ1) is 20.5. The van der Waals surface area contributed by atoms with Crippen molar-refractivity contribution in [3.63, 3.8) is 0 Å². The fourth-order valence-electron chi connectivity index (χ4n) is 5.67. The maximum Gasteiger partial charge on any atom is 0.184 e. The minimum atomic E-state index is 0.185. The largest absolute Gasteiger partial charge is 0.508 e. The number of aromatic hydroxyl groups is 1. The molecule has 0 unspecified atom stereocenters. The van der Waals surface area contributed by atoms with Gasteiger partial charge in [-0.2, -0.15) is 0 Å². The van der Waals surface area contributed by atoms with Crippen LogP contribution in [0, 0.1) is 0 Å². The van der Waals surface area contributed by atoms with Gasteiger partial charge in [-0.3, -0.25) is 4.90 Å². The molecule has 0 aliphatic carbocycles. The number of benzene rings is 2. The molecule has 0 amide bonds. The smallest absolute Gasteiger partial charge is 0.184 e. The number of phenols is 1. The van der Waals surface area contributed by atoms with E-state index in [-0.39, 0.29) is 11.8 Å². The number of likely N-dealkylation sites (tertiary alicyclic amines) is 1. The number of phenolic OH excluding ortho intramolecular Hbond substituents is 1. The van der Waals surface area contributed by atoms with E-state index in [2.05, 4.69) is 63.4 Å². The Hall–Kier alpha value is -3.80. The van der Waals surface area contributed by atoms with Crippen LogP contribution in [0.5, 0.6) is 11.5 Å². The number of hydrogen-bond acceptors (Lipinski definition) is 10. The lowest BCUT2D eigenvalue weighted by Crippen LogP contribution is -2.37. The van der Waals surface area contributed by atoms with Gasteiger partial charge in [0.05, 0.1) is 25.9 Å². The van der Waals surface area contributed by atoms with E-state index in [4.69, 9.17) is 19.4 Å². The van der Waals surface area contributed by atoms with Crippen LogP contribution in [0.2, 0.25) is 0 Å². The molecule has 0 saturated carbocycles. The predicted molar refractivity (Wildman–Crippen MR) is 162 cm³/mol. The van der Waals surface area contributed by atoms with E-state index < -0.39 is 0 Å². The summed E-state index contributed by atoms with van der Waals surface area (Å²) in [4.78, 5) is 16.7. The summed E-state index contributed by atoms with van der Waals surface area (Å²) in [6, 6.07) is 15.8. The van der Waals surface area contributed by atoms with E-state index in [1.54, 1.807) is 12.1 Å². The second-order valence-corrected chi connectivity index (χ2v) is 11.4. The lowest BCUT2D eigenvalue weighted by molar-refractivity contribution is 0.122. The average molecular weight is 573 g/mol. The van der Waals surface area contributed by atoms with Gasteiger partial charge in [-0.05, 0) is 63.2 Å². The van der Waals surface area contributed by atoms with Gasteiger partial charge in [0.25, 0.3) is 0 Å². The van der Waals surface area contributed by atoms with Gasteiger partial charge in [-0.15, -0.1) is 5.10 Å². The van der Waals surface area contributed by atoms with Crippen molar-refractivity contribution >= 4 is 17.0 Å². The highest BCUT2D eigenvalue weighted by atomic mass is 16.5. The Morgan fingerprint density at radius 3 is 2.52 bits per heavy atom. The summed E-state index contributed by atoms with van der Waals surface area (Å²) in [5, 5.41) is 19.3. The summed E-state index contributed by atoms with van der Waals surface area (Å²) in [5.74, 6) is 2.45. The van der Waals surface area contributed by atoms with Crippen LogP contribution in [0.25, 0.3) is 22.6 Å². The standard InChI is InChI=1S/C31H40N8O3/c1-36(2)13-4-18-42-27-9-7-23(8-10-27)22-37-14-11-25(12-15-37)39-31-28(34-35-39)30(38-16-19-41-20-17-38)32-29(33-31)24-5-3-6-26(40)21-24/h3,5-10,21,25,40H,4,11-20,22H2,1-2H3. The van der Waals surface area contributed by atoms with Crippen LogP contribution in [0.4, 0.5) is 5.82 Å². The van der Waals surface area contributed by atoms with Gasteiger partial charge < -0.3 is 24.4 Å². The maximum atomic E-state index is 10.1. The number of hydrogen-bond donors (Lipinski definition) is 1. The average Bonchev–Trinajstić information content (AvgIpc) is 3.44. The zero-order valence-corrected chi connectivity index (χ0v) is 24.5. The van der Waals surface area contributed by atoms with E-state index >= 15 is 0 Å². The molecule has 42 heavy (non-hydrogen) atoms. The maximum absolute atomic E-state index is 10.1. The number of aromatic nitrogens is 5. The molecule has 4 heterocycles. The Morgan fingerprint density at radius 1 is 1.00 bits per heavy atom. The topological polar surface area (TPSA) is 105 Å². The fraction of sp³-hybridized carbons (Fsp3) is 0.484. The van der Waals surface area contributed by atoms with Crippen LogP contribution in [0.3, 0.4) is 0 Å². The first kappa shape index (κ1) is 28.3. The molecule has 11 nitrogen and oxygen atoms in total. The van der Waals surface area contributed by atoms with Crippen LogP contribution < -0.4 is 9.64 Å². The first-order valence-electron chi connectivity index (χ1n) is 14.9. The fourth-order valence-corrected chi connectivity index (χ4v) is 5.67. The molecule has 222 valence electrons. The van der Waals surface area contributed by atoms with Crippen molar-refractivity contribution < 1.29 is 14.6 Å². The molecule has 11 heteroatoms. The molecule has 2 fully saturated rings. The number of piperidine rings is 1. The third-order valence-corrected chi connectivity index (χ3v) is 7.97. The molecule has 2 saturated heterocycles. The molecule has 4 aromatic rings. The summed E-state index contributed by atoms with van der Waals surface area (Å²) >= 11 is 0. The van der Waals surface area contributed by atoms with E-state index in [1.165, 1.54) is 5.56 Å². The number of fused-ring (bicyclic) bond motifs is 1. The number of anilines is 1. The van der Waals surface area contributed by atoms with Gasteiger partial charge in [-0.25, -0.2) is 14.6 Å². The normalized spacial score (nSPS) is 16.9. The number of ether oxygens (including phenoxy) is 2. The van der Waals surface area contributed by atoms with E-state index in [9.17, 15) is 5.11 Å². The van der Waals surface area contributed by atoms with E-state index in [0.29, 0.717) is 24.6 Å². The van der Waals surface area contributed by atoms with Crippen LogP contribution in [-0.2, 0) is 11.3 Å². The van der Waals surface area contributed by atoms with Crippen molar-refractivity contribution in [1.29, 1.82) is 0 Å². The lowest BCUT2D eigenvalue weighted by atomic mass is 10.0. The third kappa shape index (κ3) is 6.64. The van der Waals surface area contributed by atoms with Gasteiger partial charge >= 0.3 is 0 Å². The van der Waals surface area contributed by atoms with Crippen molar-refractivity contribution in [2.24, 2.45) is 0 Å². The molecular formula is C31H40N8O3. The summed E-state index contributed by atoms with van der Waals surface area (Å²) < 4.78 is 13.5. The number of morpholine rings is 1. The van der Waals surface area contributed by atoms with Gasteiger partial charge in [0, 0.05) is 44.8 Å². The molecule has 2 aliphatic rings. The molecule has 0 bridgehead atoms. The van der Waals surface area contributed by atoms with E-state index in [1.807, 2.05) is 16.8 Å². The number of rotatable bonds is 10. The first-order valence-corrected chi connectivity index (χ1v) is 14.9.